The van der Waals surface area contributed by atoms with Gasteiger partial charge in [-0.15, -0.1) is 0 Å². The monoisotopic (exact) mass is 480 g/mol. The summed E-state index contributed by atoms with van der Waals surface area (Å²) >= 11 is 0. The van der Waals surface area contributed by atoms with Gasteiger partial charge in [-0.1, -0.05) is 116 Å². The highest BCUT2D eigenvalue weighted by atomic mass is 28.3. The van der Waals surface area contributed by atoms with Gasteiger partial charge in [0.05, 0.1) is 16.1 Å². The van der Waals surface area contributed by atoms with Gasteiger partial charge in [0.15, 0.2) is 0 Å². The highest BCUT2D eigenvalue weighted by Gasteiger charge is 2.51. The maximum Gasteiger partial charge on any atom is 0.0875 e. The first-order valence-electron chi connectivity index (χ1n) is 12.8. The fourth-order valence-electron chi connectivity index (χ4n) is 5.68. The van der Waals surface area contributed by atoms with Gasteiger partial charge in [0.1, 0.15) is 0 Å². The fraction of sp³-hybridized carbons (Fsp3) is 0.375. The zero-order valence-electron chi connectivity index (χ0n) is 22.8. The first kappa shape index (κ1) is 23.6. The summed E-state index contributed by atoms with van der Waals surface area (Å²) in [5.74, 6) is 0. The Morgan fingerprint density at radius 2 is 0.853 bits per heavy atom. The van der Waals surface area contributed by atoms with E-state index in [1.165, 1.54) is 33.0 Å². The molecule has 0 amide bonds. The van der Waals surface area contributed by atoms with Gasteiger partial charge in [0, 0.05) is 0 Å². The molecule has 2 aliphatic rings. The van der Waals surface area contributed by atoms with Gasteiger partial charge in [0.2, 0.25) is 0 Å². The highest BCUT2D eigenvalue weighted by Crippen LogP contribution is 2.63. The van der Waals surface area contributed by atoms with Crippen LogP contribution in [0.5, 0.6) is 0 Å². The van der Waals surface area contributed by atoms with E-state index in [1.807, 2.05) is 0 Å². The second kappa shape index (κ2) is 7.18. The van der Waals surface area contributed by atoms with E-state index in [2.05, 4.69) is 128 Å². The lowest BCUT2D eigenvalue weighted by molar-refractivity contribution is 0.730. The molecular formula is C32H40Si2. The summed E-state index contributed by atoms with van der Waals surface area (Å²) in [5.41, 5.74) is 9.15. The van der Waals surface area contributed by atoms with Gasteiger partial charge in [-0.25, -0.2) is 0 Å². The van der Waals surface area contributed by atoms with E-state index in [4.69, 9.17) is 0 Å². The molecule has 0 radical (unpaired) electrons. The highest BCUT2D eigenvalue weighted by molar-refractivity contribution is 7.02. The molecule has 5 rings (SSSR count). The quantitative estimate of drug-likeness (QED) is 0.320. The molecule has 2 heteroatoms. The van der Waals surface area contributed by atoms with Crippen LogP contribution < -0.4 is 0 Å². The Hall–Kier alpha value is -2.17. The van der Waals surface area contributed by atoms with Gasteiger partial charge in [0.25, 0.3) is 0 Å². The molecule has 0 aromatic heterocycles. The summed E-state index contributed by atoms with van der Waals surface area (Å²) in [6.45, 7) is 25.2. The molecule has 0 unspecified atom stereocenters. The van der Waals surface area contributed by atoms with Crippen LogP contribution >= 0.6 is 0 Å². The molecule has 0 bridgehead atoms. The molecule has 0 fully saturated rings. The third-order valence-electron chi connectivity index (χ3n) is 9.64. The Labute approximate surface area is 208 Å². The molecule has 0 aliphatic heterocycles. The van der Waals surface area contributed by atoms with Crippen LogP contribution in [0.4, 0.5) is 0 Å². The van der Waals surface area contributed by atoms with E-state index in [-0.39, 0.29) is 10.1 Å². The zero-order chi connectivity index (χ0) is 24.8. The number of hydrogen-bond donors (Lipinski definition) is 0. The Bertz CT molecular complexity index is 1400. The largest absolute Gasteiger partial charge is 0.0875 e. The molecule has 3 aromatic carbocycles. The Morgan fingerprint density at radius 1 is 0.471 bits per heavy atom. The Balaban J connectivity index is 2.01. The maximum atomic E-state index is 2.60. The van der Waals surface area contributed by atoms with Gasteiger partial charge in [-0.05, 0) is 76.8 Å². The summed E-state index contributed by atoms with van der Waals surface area (Å²) in [7, 11) is -3.66. The summed E-state index contributed by atoms with van der Waals surface area (Å²) in [5, 5.41) is 6.61. The molecule has 0 atom stereocenters. The summed E-state index contributed by atoms with van der Waals surface area (Å²) in [6, 6.07) is 23.3. The Kier molecular flexibility index (Phi) is 4.98. The smallest absolute Gasteiger partial charge is 0.0650 e. The predicted octanol–water partition coefficient (Wildman–Crippen LogP) is 10.1. The normalized spacial score (nSPS) is 16.3. The molecule has 0 nitrogen and oxygen atoms in total. The third-order valence-corrected chi connectivity index (χ3v) is 20.7. The van der Waals surface area contributed by atoms with Crippen LogP contribution in [0.3, 0.4) is 0 Å². The fourth-order valence-corrected chi connectivity index (χ4v) is 10.7. The SMILES string of the molecule is CC(C)(C)[Si](C)(C)C1=C2C(=C([Si](C)(C)C(C)(C)C)c3cc4ccccc4cc32)c2ccccc21. The van der Waals surface area contributed by atoms with Crippen molar-refractivity contribution in [1.29, 1.82) is 0 Å². The van der Waals surface area contributed by atoms with Crippen molar-refractivity contribution >= 4 is 48.5 Å². The molecule has 0 saturated carbocycles. The van der Waals surface area contributed by atoms with E-state index in [1.54, 1.807) is 21.5 Å². The van der Waals surface area contributed by atoms with Gasteiger partial charge in [-0.2, -0.15) is 0 Å². The third kappa shape index (κ3) is 3.07. The first-order valence-corrected chi connectivity index (χ1v) is 18.8. The first-order chi connectivity index (χ1) is 15.7. The van der Waals surface area contributed by atoms with Crippen LogP contribution in [0.25, 0.3) is 32.3 Å². The molecule has 0 saturated heterocycles. The minimum atomic E-state index is -1.84. The van der Waals surface area contributed by atoms with Crippen molar-refractivity contribution in [2.45, 2.75) is 77.8 Å². The second-order valence-electron chi connectivity index (χ2n) is 13.5. The summed E-state index contributed by atoms with van der Waals surface area (Å²) < 4.78 is 0. The maximum absolute atomic E-state index is 2.60. The van der Waals surface area contributed by atoms with Crippen molar-refractivity contribution in [2.75, 3.05) is 0 Å². The standard InChI is InChI=1S/C32H40Si2/c1-31(2,3)33(7,8)29-24-18-14-13-17-23(24)27-28(29)25-19-21-15-11-12-16-22(21)20-26(25)30(27)34(9,10)32(4,5)6/h11-20H,1-10H3. The molecule has 0 N–H and O–H groups in total. The van der Waals surface area contributed by atoms with Crippen LogP contribution in [0.1, 0.15) is 63.8 Å². The van der Waals surface area contributed by atoms with Gasteiger partial charge in [-0.3, -0.25) is 0 Å². The molecule has 0 heterocycles. The molecule has 2 aliphatic carbocycles. The van der Waals surface area contributed by atoms with Crippen molar-refractivity contribution in [3.63, 3.8) is 0 Å². The number of rotatable bonds is 2. The zero-order valence-corrected chi connectivity index (χ0v) is 24.8. The molecule has 0 spiro atoms. The van der Waals surface area contributed by atoms with Crippen LogP contribution in [-0.4, -0.2) is 16.1 Å². The van der Waals surface area contributed by atoms with Crippen molar-refractivity contribution < 1.29 is 0 Å². The van der Waals surface area contributed by atoms with E-state index >= 15 is 0 Å². The van der Waals surface area contributed by atoms with Gasteiger partial charge >= 0.3 is 0 Å². The molecular weight excluding hydrogens is 441 g/mol. The van der Waals surface area contributed by atoms with Crippen LogP contribution in [0.2, 0.25) is 36.3 Å². The van der Waals surface area contributed by atoms with Crippen molar-refractivity contribution in [3.05, 3.63) is 82.9 Å². The molecule has 3 aromatic rings. The summed E-state index contributed by atoms with van der Waals surface area (Å²) in [4.78, 5) is 0. The van der Waals surface area contributed by atoms with Gasteiger partial charge < -0.3 is 0 Å². The van der Waals surface area contributed by atoms with Crippen LogP contribution in [-0.2, 0) is 0 Å². The van der Waals surface area contributed by atoms with Crippen LogP contribution in [0, 0.1) is 0 Å². The lowest BCUT2D eigenvalue weighted by Crippen LogP contribution is -2.39. The van der Waals surface area contributed by atoms with E-state index < -0.39 is 16.1 Å². The van der Waals surface area contributed by atoms with Crippen LogP contribution in [0.15, 0.2) is 60.7 Å². The van der Waals surface area contributed by atoms with E-state index in [0.29, 0.717) is 0 Å². The van der Waals surface area contributed by atoms with Crippen molar-refractivity contribution in [1.82, 2.24) is 0 Å². The molecule has 34 heavy (non-hydrogen) atoms. The number of allylic oxidation sites excluding steroid dienone is 2. The van der Waals surface area contributed by atoms with E-state index in [9.17, 15) is 0 Å². The number of fused-ring (bicyclic) bond motifs is 6. The lowest BCUT2D eigenvalue weighted by Gasteiger charge is -2.39. The second-order valence-corrected chi connectivity index (χ2v) is 24.0. The molecule has 176 valence electrons. The Morgan fingerprint density at radius 3 is 1.35 bits per heavy atom. The minimum absolute atomic E-state index is 0.266. The average Bonchev–Trinajstić information content (AvgIpc) is 3.23. The topological polar surface area (TPSA) is 0 Å². The van der Waals surface area contributed by atoms with Crippen molar-refractivity contribution in [3.8, 4) is 0 Å². The minimum Gasteiger partial charge on any atom is -0.0650 e. The predicted molar refractivity (Wildman–Crippen MR) is 158 cm³/mol. The van der Waals surface area contributed by atoms with E-state index in [0.717, 1.165) is 0 Å². The number of benzene rings is 3. The summed E-state index contributed by atoms with van der Waals surface area (Å²) in [6.07, 6.45) is 0. The lowest BCUT2D eigenvalue weighted by atomic mass is 9.99. The number of hydrogen-bond acceptors (Lipinski definition) is 0. The van der Waals surface area contributed by atoms with Crippen molar-refractivity contribution in [2.24, 2.45) is 0 Å². The average molecular weight is 481 g/mol.